The first kappa shape index (κ1) is 14.2. The Morgan fingerprint density at radius 3 is 2.65 bits per heavy atom. The van der Waals surface area contributed by atoms with E-state index < -0.39 is 12.0 Å². The number of hydrogen-bond acceptors (Lipinski definition) is 4. The largest absolute Gasteiger partial charge is 0.480 e. The lowest BCUT2D eigenvalue weighted by molar-refractivity contribution is -0.140. The molecule has 7 heteroatoms. The first-order valence-corrected chi connectivity index (χ1v) is 7.05. The highest BCUT2D eigenvalue weighted by Gasteiger charge is 2.36. The SMILES string of the molecule is CN(C(=O)N1CSCC1C(=O)O)c1ccc(C#N)cc1. The molecule has 0 spiro atoms. The van der Waals surface area contributed by atoms with Crippen LogP contribution in [0.15, 0.2) is 24.3 Å². The van der Waals surface area contributed by atoms with Crippen LogP contribution in [0.4, 0.5) is 10.5 Å². The number of carboxylic acids is 1. The van der Waals surface area contributed by atoms with Gasteiger partial charge in [-0.25, -0.2) is 9.59 Å². The number of nitriles is 1. The molecule has 1 heterocycles. The van der Waals surface area contributed by atoms with Crippen LogP contribution in [0, 0.1) is 11.3 Å². The summed E-state index contributed by atoms with van der Waals surface area (Å²) >= 11 is 1.42. The van der Waals surface area contributed by atoms with Gasteiger partial charge in [0.25, 0.3) is 0 Å². The van der Waals surface area contributed by atoms with E-state index in [0.29, 0.717) is 22.9 Å². The van der Waals surface area contributed by atoms with Crippen LogP contribution in [0.2, 0.25) is 0 Å². The van der Waals surface area contributed by atoms with Crippen molar-refractivity contribution in [3.63, 3.8) is 0 Å². The second-order valence-electron chi connectivity index (χ2n) is 4.32. The Morgan fingerprint density at radius 1 is 1.45 bits per heavy atom. The molecule has 0 aromatic heterocycles. The van der Waals surface area contributed by atoms with Crippen LogP contribution < -0.4 is 4.90 Å². The van der Waals surface area contributed by atoms with Crippen molar-refractivity contribution in [1.29, 1.82) is 5.26 Å². The molecule has 1 aromatic rings. The average Bonchev–Trinajstić information content (AvgIpc) is 2.95. The van der Waals surface area contributed by atoms with E-state index >= 15 is 0 Å². The smallest absolute Gasteiger partial charge is 0.327 e. The zero-order chi connectivity index (χ0) is 14.7. The van der Waals surface area contributed by atoms with E-state index in [9.17, 15) is 9.59 Å². The van der Waals surface area contributed by atoms with Gasteiger partial charge in [0.2, 0.25) is 0 Å². The third-order valence-electron chi connectivity index (χ3n) is 3.08. The number of amides is 2. The number of anilines is 1. The number of carbonyl (C=O) groups is 2. The fourth-order valence-electron chi connectivity index (χ4n) is 1.90. The molecular weight excluding hydrogens is 278 g/mol. The molecule has 1 aliphatic rings. The maximum Gasteiger partial charge on any atom is 0.327 e. The third-order valence-corrected chi connectivity index (χ3v) is 4.10. The van der Waals surface area contributed by atoms with Crippen LogP contribution in [-0.2, 0) is 4.79 Å². The van der Waals surface area contributed by atoms with Crippen molar-refractivity contribution in [3.8, 4) is 6.07 Å². The normalized spacial score (nSPS) is 17.6. The van der Waals surface area contributed by atoms with Crippen molar-refractivity contribution >= 4 is 29.4 Å². The molecule has 2 amide bonds. The number of thioether (sulfide) groups is 1. The van der Waals surface area contributed by atoms with E-state index in [4.69, 9.17) is 10.4 Å². The molecule has 1 aliphatic heterocycles. The Bertz CT molecular complexity index is 567. The van der Waals surface area contributed by atoms with Crippen LogP contribution in [-0.4, -0.2) is 46.7 Å². The number of rotatable bonds is 2. The van der Waals surface area contributed by atoms with Crippen molar-refractivity contribution in [3.05, 3.63) is 29.8 Å². The highest BCUT2D eigenvalue weighted by molar-refractivity contribution is 7.99. The zero-order valence-corrected chi connectivity index (χ0v) is 11.6. The standard InChI is InChI=1S/C13H13N3O3S/c1-15(10-4-2-9(6-14)3-5-10)13(19)16-8-20-7-11(16)12(17)18/h2-5,11H,7-8H2,1H3,(H,17,18). The second-order valence-corrected chi connectivity index (χ2v) is 5.32. The van der Waals surface area contributed by atoms with E-state index in [1.807, 2.05) is 6.07 Å². The molecule has 6 nitrogen and oxygen atoms in total. The van der Waals surface area contributed by atoms with Crippen LogP contribution in [0.25, 0.3) is 0 Å². The molecule has 1 saturated heterocycles. The lowest BCUT2D eigenvalue weighted by Crippen LogP contribution is -2.47. The molecule has 1 atom stereocenters. The Hall–Kier alpha value is -2.20. The lowest BCUT2D eigenvalue weighted by atomic mass is 10.2. The number of hydrogen-bond donors (Lipinski definition) is 1. The van der Waals surface area contributed by atoms with Gasteiger partial charge < -0.3 is 10.0 Å². The number of benzene rings is 1. The Morgan fingerprint density at radius 2 is 2.10 bits per heavy atom. The quantitative estimate of drug-likeness (QED) is 0.894. The zero-order valence-electron chi connectivity index (χ0n) is 10.8. The van der Waals surface area contributed by atoms with E-state index in [2.05, 4.69) is 0 Å². The summed E-state index contributed by atoms with van der Waals surface area (Å²) < 4.78 is 0. The van der Waals surface area contributed by atoms with E-state index in [0.717, 1.165) is 0 Å². The van der Waals surface area contributed by atoms with Gasteiger partial charge in [0.15, 0.2) is 0 Å². The van der Waals surface area contributed by atoms with Crippen LogP contribution >= 0.6 is 11.8 Å². The third kappa shape index (κ3) is 2.70. The van der Waals surface area contributed by atoms with E-state index in [1.54, 1.807) is 31.3 Å². The summed E-state index contributed by atoms with van der Waals surface area (Å²) in [5, 5.41) is 17.8. The van der Waals surface area contributed by atoms with Crippen LogP contribution in [0.3, 0.4) is 0 Å². The maximum absolute atomic E-state index is 12.3. The molecule has 1 fully saturated rings. The minimum absolute atomic E-state index is 0.355. The number of carboxylic acid groups (broad SMARTS) is 1. The van der Waals surface area contributed by atoms with Crippen molar-refractivity contribution < 1.29 is 14.7 Å². The molecule has 2 rings (SSSR count). The minimum atomic E-state index is -0.989. The molecule has 1 aromatic carbocycles. The highest BCUT2D eigenvalue weighted by atomic mass is 32.2. The molecule has 20 heavy (non-hydrogen) atoms. The van der Waals surface area contributed by atoms with E-state index in [1.165, 1.54) is 21.6 Å². The number of nitrogens with zero attached hydrogens (tertiary/aromatic N) is 3. The van der Waals surface area contributed by atoms with Crippen molar-refractivity contribution in [2.45, 2.75) is 6.04 Å². The van der Waals surface area contributed by atoms with Crippen LogP contribution in [0.5, 0.6) is 0 Å². The molecule has 1 unspecified atom stereocenters. The highest BCUT2D eigenvalue weighted by Crippen LogP contribution is 2.24. The Labute approximate surface area is 120 Å². The van der Waals surface area contributed by atoms with Crippen molar-refractivity contribution in [2.24, 2.45) is 0 Å². The predicted octanol–water partition coefficient (Wildman–Crippen LogP) is 1.57. The number of aliphatic carboxylic acids is 1. The summed E-state index contributed by atoms with van der Waals surface area (Å²) in [6.45, 7) is 0. The minimum Gasteiger partial charge on any atom is -0.480 e. The fourth-order valence-corrected chi connectivity index (χ4v) is 3.04. The average molecular weight is 291 g/mol. The van der Waals surface area contributed by atoms with Crippen molar-refractivity contribution in [2.75, 3.05) is 23.6 Å². The van der Waals surface area contributed by atoms with Gasteiger partial charge in [0.05, 0.1) is 17.5 Å². The van der Waals surface area contributed by atoms with Gasteiger partial charge in [-0.2, -0.15) is 5.26 Å². The summed E-state index contributed by atoms with van der Waals surface area (Å²) in [6, 6.07) is 7.43. The molecular formula is C13H13N3O3S. The molecule has 0 radical (unpaired) electrons. The van der Waals surface area contributed by atoms with Gasteiger partial charge in [0, 0.05) is 18.5 Å². The number of carbonyl (C=O) groups excluding carboxylic acids is 1. The number of urea groups is 1. The Kier molecular flexibility index (Phi) is 4.15. The predicted molar refractivity (Wildman–Crippen MR) is 75.5 cm³/mol. The molecule has 0 aliphatic carbocycles. The van der Waals surface area contributed by atoms with Gasteiger partial charge in [0.1, 0.15) is 6.04 Å². The molecule has 0 bridgehead atoms. The maximum atomic E-state index is 12.3. The molecule has 1 N–H and O–H groups in total. The summed E-state index contributed by atoms with van der Waals surface area (Å²) in [5.41, 5.74) is 1.13. The van der Waals surface area contributed by atoms with E-state index in [-0.39, 0.29) is 6.03 Å². The molecule has 0 saturated carbocycles. The van der Waals surface area contributed by atoms with Crippen LogP contribution in [0.1, 0.15) is 5.56 Å². The summed E-state index contributed by atoms with van der Waals surface area (Å²) in [5.74, 6) is -0.213. The van der Waals surface area contributed by atoms with Gasteiger partial charge in [-0.1, -0.05) is 0 Å². The lowest BCUT2D eigenvalue weighted by Gasteiger charge is -2.27. The van der Waals surface area contributed by atoms with Gasteiger partial charge in [-0.15, -0.1) is 11.8 Å². The summed E-state index contributed by atoms with van der Waals surface area (Å²) in [6.07, 6.45) is 0. The first-order valence-electron chi connectivity index (χ1n) is 5.89. The fraction of sp³-hybridized carbons (Fsp3) is 0.308. The monoisotopic (exact) mass is 291 g/mol. The van der Waals surface area contributed by atoms with Gasteiger partial charge >= 0.3 is 12.0 Å². The Balaban J connectivity index is 2.15. The second kappa shape index (κ2) is 5.84. The van der Waals surface area contributed by atoms with Gasteiger partial charge in [-0.3, -0.25) is 4.90 Å². The molecule has 104 valence electrons. The van der Waals surface area contributed by atoms with Gasteiger partial charge in [-0.05, 0) is 24.3 Å². The summed E-state index contributed by atoms with van der Waals surface area (Å²) in [4.78, 5) is 26.2. The topological polar surface area (TPSA) is 84.6 Å². The summed E-state index contributed by atoms with van der Waals surface area (Å²) in [7, 11) is 1.59. The first-order chi connectivity index (χ1) is 9.54. The van der Waals surface area contributed by atoms with Crippen molar-refractivity contribution in [1.82, 2.24) is 4.90 Å².